The molecule has 0 atom stereocenters. The van der Waals surface area contributed by atoms with Gasteiger partial charge < -0.3 is 4.90 Å². The summed E-state index contributed by atoms with van der Waals surface area (Å²) >= 11 is 0. The van der Waals surface area contributed by atoms with Crippen molar-refractivity contribution in [2.24, 2.45) is 5.84 Å². The molecule has 0 spiro atoms. The van der Waals surface area contributed by atoms with E-state index in [2.05, 4.69) is 9.97 Å². The Morgan fingerprint density at radius 2 is 2.07 bits per heavy atom. The van der Waals surface area contributed by atoms with Crippen LogP contribution in [0.3, 0.4) is 0 Å². The van der Waals surface area contributed by atoms with Crippen molar-refractivity contribution in [2.75, 3.05) is 30.5 Å². The second-order valence-corrected chi connectivity index (χ2v) is 3.35. The minimum absolute atomic E-state index is 0.299. The zero-order valence-corrected chi connectivity index (χ0v) is 8.14. The van der Waals surface area contributed by atoms with Crippen LogP contribution in [-0.4, -0.2) is 35.2 Å². The van der Waals surface area contributed by atoms with E-state index in [0.29, 0.717) is 25.0 Å². The number of aromatic nitrogens is 3. The molecule has 0 fully saturated rings. The van der Waals surface area contributed by atoms with Gasteiger partial charge in [-0.1, -0.05) is 0 Å². The number of nitrogens with two attached hydrogens (primary N) is 1. The lowest BCUT2D eigenvalue weighted by Crippen LogP contribution is -2.31. The second kappa shape index (κ2) is 2.95. The van der Waals surface area contributed by atoms with E-state index in [-0.39, 0.29) is 5.69 Å². The third-order valence-electron chi connectivity index (χ3n) is 2.09. The van der Waals surface area contributed by atoms with E-state index < -0.39 is 0 Å². The Labute approximate surface area is 80.7 Å². The SMILES string of the molecule is CN(C)c1nc2n(c(=O)n1)CCN2N. The highest BCUT2D eigenvalue weighted by Gasteiger charge is 2.20. The van der Waals surface area contributed by atoms with Crippen molar-refractivity contribution < 1.29 is 0 Å². The van der Waals surface area contributed by atoms with E-state index >= 15 is 0 Å². The van der Waals surface area contributed by atoms with Crippen LogP contribution in [0.5, 0.6) is 0 Å². The lowest BCUT2D eigenvalue weighted by Gasteiger charge is -2.13. The average molecular weight is 196 g/mol. The molecule has 1 aliphatic rings. The largest absolute Gasteiger partial charge is 0.353 e. The Balaban J connectivity index is 2.58. The number of rotatable bonds is 1. The van der Waals surface area contributed by atoms with Crippen LogP contribution in [0.15, 0.2) is 4.79 Å². The van der Waals surface area contributed by atoms with Crippen LogP contribution in [0.4, 0.5) is 11.9 Å². The predicted molar refractivity (Wildman–Crippen MR) is 52.2 cm³/mol. The second-order valence-electron chi connectivity index (χ2n) is 3.35. The van der Waals surface area contributed by atoms with Gasteiger partial charge in [0.1, 0.15) is 0 Å². The van der Waals surface area contributed by atoms with Gasteiger partial charge >= 0.3 is 5.69 Å². The van der Waals surface area contributed by atoms with Crippen LogP contribution in [-0.2, 0) is 6.54 Å². The summed E-state index contributed by atoms with van der Waals surface area (Å²) in [5.41, 5.74) is -0.299. The Bertz CT molecular complexity index is 411. The van der Waals surface area contributed by atoms with Gasteiger partial charge in [0.2, 0.25) is 11.9 Å². The quantitative estimate of drug-likeness (QED) is 0.545. The van der Waals surface area contributed by atoms with E-state index in [1.165, 1.54) is 9.58 Å². The fourth-order valence-electron chi connectivity index (χ4n) is 1.33. The van der Waals surface area contributed by atoms with E-state index in [4.69, 9.17) is 5.84 Å². The molecule has 7 nitrogen and oxygen atoms in total. The molecule has 1 aromatic heterocycles. The smallest absolute Gasteiger partial charge is 0.347 e. The standard InChI is InChI=1S/C7H12N6O/c1-11(2)5-9-6-12(7(14)10-5)3-4-13(6)8/h3-4,8H2,1-2H3. The molecule has 76 valence electrons. The Kier molecular flexibility index (Phi) is 1.88. The van der Waals surface area contributed by atoms with E-state index in [0.717, 1.165) is 0 Å². The first-order valence-corrected chi connectivity index (χ1v) is 4.28. The van der Waals surface area contributed by atoms with Crippen molar-refractivity contribution in [3.05, 3.63) is 10.5 Å². The molecule has 7 heteroatoms. The molecule has 14 heavy (non-hydrogen) atoms. The van der Waals surface area contributed by atoms with Gasteiger partial charge in [-0.05, 0) is 0 Å². The molecule has 2 heterocycles. The molecule has 0 radical (unpaired) electrons. The van der Waals surface area contributed by atoms with Gasteiger partial charge in [0.25, 0.3) is 0 Å². The Hall–Kier alpha value is -1.63. The average Bonchev–Trinajstić information content (AvgIpc) is 2.48. The molecule has 0 amide bonds. The minimum atomic E-state index is -0.299. The summed E-state index contributed by atoms with van der Waals surface area (Å²) in [4.78, 5) is 21.2. The van der Waals surface area contributed by atoms with Crippen molar-refractivity contribution >= 4 is 11.9 Å². The van der Waals surface area contributed by atoms with Gasteiger partial charge in [0.05, 0.1) is 6.54 Å². The number of hydrazine groups is 1. The molecular weight excluding hydrogens is 184 g/mol. The molecule has 1 aromatic rings. The summed E-state index contributed by atoms with van der Waals surface area (Å²) in [6, 6.07) is 0. The molecule has 1 aliphatic heterocycles. The summed E-state index contributed by atoms with van der Waals surface area (Å²) in [6.45, 7) is 1.15. The molecule has 2 rings (SSSR count). The first kappa shape index (κ1) is 8.95. The van der Waals surface area contributed by atoms with E-state index in [1.54, 1.807) is 19.0 Å². The van der Waals surface area contributed by atoms with Gasteiger partial charge in [-0.25, -0.2) is 10.6 Å². The molecule has 2 N–H and O–H groups in total. The topological polar surface area (TPSA) is 80.3 Å². The molecule has 0 bridgehead atoms. The van der Waals surface area contributed by atoms with Gasteiger partial charge in [0, 0.05) is 20.6 Å². The van der Waals surface area contributed by atoms with Crippen LogP contribution < -0.4 is 21.4 Å². The number of anilines is 2. The summed E-state index contributed by atoms with van der Waals surface area (Å²) in [5.74, 6) is 6.52. The van der Waals surface area contributed by atoms with Crippen LogP contribution in [0.25, 0.3) is 0 Å². The van der Waals surface area contributed by atoms with Gasteiger partial charge in [0.15, 0.2) is 0 Å². The summed E-state index contributed by atoms with van der Waals surface area (Å²) in [7, 11) is 3.56. The third-order valence-corrected chi connectivity index (χ3v) is 2.09. The molecule has 0 saturated carbocycles. The minimum Gasteiger partial charge on any atom is -0.347 e. The number of hydrogen-bond acceptors (Lipinski definition) is 6. The molecule has 0 saturated heterocycles. The Morgan fingerprint density at radius 3 is 2.71 bits per heavy atom. The highest BCUT2D eigenvalue weighted by molar-refractivity contribution is 5.38. The fourth-order valence-corrected chi connectivity index (χ4v) is 1.33. The van der Waals surface area contributed by atoms with Crippen LogP contribution in [0, 0.1) is 0 Å². The van der Waals surface area contributed by atoms with Crippen molar-refractivity contribution in [1.82, 2.24) is 14.5 Å². The lowest BCUT2D eigenvalue weighted by atomic mass is 10.7. The van der Waals surface area contributed by atoms with Gasteiger partial charge in [-0.15, -0.1) is 0 Å². The summed E-state index contributed by atoms with van der Waals surface area (Å²) < 4.78 is 1.47. The fraction of sp³-hybridized carbons (Fsp3) is 0.571. The van der Waals surface area contributed by atoms with Crippen molar-refractivity contribution in [3.8, 4) is 0 Å². The normalized spacial score (nSPS) is 14.4. The zero-order valence-electron chi connectivity index (χ0n) is 8.14. The first-order valence-electron chi connectivity index (χ1n) is 4.28. The van der Waals surface area contributed by atoms with Crippen LogP contribution in [0.2, 0.25) is 0 Å². The van der Waals surface area contributed by atoms with Gasteiger partial charge in [-0.3, -0.25) is 9.58 Å². The lowest BCUT2D eigenvalue weighted by molar-refractivity contribution is 0.720. The van der Waals surface area contributed by atoms with Crippen LogP contribution >= 0.6 is 0 Å². The monoisotopic (exact) mass is 196 g/mol. The van der Waals surface area contributed by atoms with Gasteiger partial charge in [-0.2, -0.15) is 9.97 Å². The number of fused-ring (bicyclic) bond motifs is 1. The number of hydrogen-bond donors (Lipinski definition) is 1. The number of nitrogens with zero attached hydrogens (tertiary/aromatic N) is 5. The zero-order chi connectivity index (χ0) is 10.3. The highest BCUT2D eigenvalue weighted by Crippen LogP contribution is 2.13. The maximum absolute atomic E-state index is 11.5. The third kappa shape index (κ3) is 1.22. The maximum Gasteiger partial charge on any atom is 0.353 e. The Morgan fingerprint density at radius 1 is 1.36 bits per heavy atom. The summed E-state index contributed by atoms with van der Waals surface area (Å²) in [6.07, 6.45) is 0. The molecule has 0 aliphatic carbocycles. The highest BCUT2D eigenvalue weighted by atomic mass is 16.1. The molecule has 0 unspecified atom stereocenters. The predicted octanol–water partition coefficient (Wildman–Crippen LogP) is -1.60. The molecule has 0 aromatic carbocycles. The summed E-state index contributed by atoms with van der Waals surface area (Å²) in [5, 5.41) is 1.45. The van der Waals surface area contributed by atoms with Crippen molar-refractivity contribution in [3.63, 3.8) is 0 Å². The first-order chi connectivity index (χ1) is 6.59. The van der Waals surface area contributed by atoms with E-state index in [1.807, 2.05) is 0 Å². The van der Waals surface area contributed by atoms with Crippen LogP contribution in [0.1, 0.15) is 0 Å². The van der Waals surface area contributed by atoms with E-state index in [9.17, 15) is 4.79 Å². The van der Waals surface area contributed by atoms with Crippen molar-refractivity contribution in [1.29, 1.82) is 0 Å². The molecular formula is C7H12N6O. The van der Waals surface area contributed by atoms with Crippen molar-refractivity contribution in [2.45, 2.75) is 6.54 Å². The maximum atomic E-state index is 11.5.